The Morgan fingerprint density at radius 1 is 0.145 bits per heavy atom. The molecule has 0 spiro atoms. The molecule has 62 heavy (non-hydrogen) atoms. The first-order valence-corrected chi connectivity index (χ1v) is 21.0. The zero-order valence-electron chi connectivity index (χ0n) is 33.8. The van der Waals surface area contributed by atoms with Crippen molar-refractivity contribution in [2.75, 3.05) is 0 Å². The maximum Gasteiger partial charge on any atom is 0.187 e. The summed E-state index contributed by atoms with van der Waals surface area (Å²) in [6, 6.07) is 76.7. The third-order valence-corrected chi connectivity index (χ3v) is 12.3. The van der Waals surface area contributed by atoms with Crippen molar-refractivity contribution >= 4 is 22.7 Å². The van der Waals surface area contributed by atoms with Crippen LogP contribution in [-0.2, 0) is 9.59 Å². The van der Waals surface area contributed by atoms with Gasteiger partial charge in [-0.05, 0) is 112 Å². The van der Waals surface area contributed by atoms with Crippen molar-refractivity contribution in [1.29, 1.82) is 0 Å². The highest BCUT2D eigenvalue weighted by atomic mass is 16.1. The number of carbonyl (C=O) groups excluding carboxylic acids is 2. The molecule has 9 aromatic carbocycles. The highest BCUT2D eigenvalue weighted by Crippen LogP contribution is 2.34. The van der Waals surface area contributed by atoms with Crippen molar-refractivity contribution in [3.63, 3.8) is 0 Å². The van der Waals surface area contributed by atoms with E-state index >= 15 is 0 Å². The van der Waals surface area contributed by atoms with Gasteiger partial charge in [0, 0.05) is 11.1 Å². The molecule has 0 atom stereocenters. The molecule has 0 unspecified atom stereocenters. The second kappa shape index (κ2) is 15.4. The second-order valence-electron chi connectivity index (χ2n) is 16.0. The van der Waals surface area contributed by atoms with E-state index < -0.39 is 0 Å². The van der Waals surface area contributed by atoms with Crippen LogP contribution in [0.2, 0.25) is 0 Å². The third-order valence-electron chi connectivity index (χ3n) is 12.3. The van der Waals surface area contributed by atoms with Gasteiger partial charge in [-0.25, -0.2) is 0 Å². The summed E-state index contributed by atoms with van der Waals surface area (Å²) in [7, 11) is 0. The average Bonchev–Trinajstić information content (AvgIpc) is 3.35. The largest absolute Gasteiger partial charge is 0.289 e. The maximum absolute atomic E-state index is 13.5. The number of rotatable bonds is 0. The molecule has 38 rings (SSSR count). The first kappa shape index (κ1) is 36.8. The molecule has 29 aliphatic carbocycles. The molecular weight excluding hydrogens is 753 g/mol. The molecular formula is C60H38O2. The van der Waals surface area contributed by atoms with E-state index in [9.17, 15) is 9.59 Å². The van der Waals surface area contributed by atoms with Gasteiger partial charge in [0.1, 0.15) is 0 Å². The van der Waals surface area contributed by atoms with Crippen LogP contribution >= 0.6 is 0 Å². The van der Waals surface area contributed by atoms with Crippen LogP contribution in [0.25, 0.3) is 100 Å². The van der Waals surface area contributed by atoms with Crippen LogP contribution < -0.4 is 0 Å². The van der Waals surface area contributed by atoms with Gasteiger partial charge in [-0.15, -0.1) is 0 Å². The van der Waals surface area contributed by atoms with Crippen LogP contribution in [0.1, 0.15) is 11.1 Å². The van der Waals surface area contributed by atoms with Crippen molar-refractivity contribution in [1.82, 2.24) is 0 Å². The van der Waals surface area contributed by atoms with E-state index in [4.69, 9.17) is 0 Å². The van der Waals surface area contributed by atoms with Crippen LogP contribution in [0.3, 0.4) is 0 Å². The Bertz CT molecular complexity index is 2960. The molecule has 0 fully saturated rings. The first-order chi connectivity index (χ1) is 30.5. The van der Waals surface area contributed by atoms with Gasteiger partial charge in [0.15, 0.2) is 11.6 Å². The van der Waals surface area contributed by atoms with Crippen LogP contribution in [0.15, 0.2) is 231 Å². The quantitative estimate of drug-likeness (QED) is 0.143. The molecule has 0 saturated heterocycles. The molecule has 0 N–H and O–H groups in total. The van der Waals surface area contributed by atoms with Crippen LogP contribution in [-0.4, -0.2) is 11.6 Å². The van der Waals surface area contributed by atoms with E-state index in [2.05, 4.69) is 170 Å². The smallest absolute Gasteiger partial charge is 0.187 e. The molecule has 290 valence electrons. The Hall–Kier alpha value is -8.20. The predicted molar refractivity (Wildman–Crippen MR) is 256 cm³/mol. The monoisotopic (exact) mass is 790 g/mol. The van der Waals surface area contributed by atoms with Crippen LogP contribution in [0.4, 0.5) is 0 Å². The highest BCUT2D eigenvalue weighted by Gasteiger charge is 2.23. The van der Waals surface area contributed by atoms with E-state index in [1.54, 1.807) is 0 Å². The van der Waals surface area contributed by atoms with E-state index in [1.807, 2.05) is 48.5 Å². The fourth-order valence-electron chi connectivity index (χ4n) is 8.68. The minimum absolute atomic E-state index is 0.176. The van der Waals surface area contributed by atoms with Crippen molar-refractivity contribution in [3.8, 4) is 89.0 Å². The van der Waals surface area contributed by atoms with Crippen LogP contribution in [0.5, 0.6) is 0 Å². The van der Waals surface area contributed by atoms with Gasteiger partial charge in [0.05, 0.1) is 0 Å². The fourth-order valence-corrected chi connectivity index (χ4v) is 8.68. The summed E-state index contributed by atoms with van der Waals surface area (Å²) in [5.41, 5.74) is 20.5. The Kier molecular flexibility index (Phi) is 9.17. The molecule has 20 bridgehead atoms. The molecule has 29 aliphatic rings. The van der Waals surface area contributed by atoms with Crippen molar-refractivity contribution in [3.05, 3.63) is 242 Å². The second-order valence-corrected chi connectivity index (χ2v) is 16.0. The topological polar surface area (TPSA) is 34.1 Å². The van der Waals surface area contributed by atoms with Gasteiger partial charge in [-0.2, -0.15) is 0 Å². The van der Waals surface area contributed by atoms with E-state index in [1.165, 1.54) is 56.7 Å². The summed E-state index contributed by atoms with van der Waals surface area (Å²) in [5, 5.41) is 0. The average molecular weight is 791 g/mol. The Morgan fingerprint density at radius 3 is 0.355 bits per heavy atom. The lowest BCUT2D eigenvalue weighted by Gasteiger charge is -2.14. The molecule has 2 nitrogen and oxygen atoms in total. The number of hydrogen-bond acceptors (Lipinski definition) is 2. The molecule has 0 aliphatic heterocycles. The molecule has 0 amide bonds. The maximum atomic E-state index is 13.5. The van der Waals surface area contributed by atoms with Gasteiger partial charge < -0.3 is 0 Å². The number of benzene rings is 9. The SMILES string of the molecule is O=C1C=C2C(=O)C=C1c1ccc(cc1)-c1ccc(cc1)-c1ccc(cc1)-c1ccc(cc1)-c1ccc(cc1)-c1ccc(cc1)-c1ccc(cc1)-c1ccc(cc1)-c1ccc2cc1. The van der Waals surface area contributed by atoms with Gasteiger partial charge in [0.25, 0.3) is 0 Å². The van der Waals surface area contributed by atoms with Crippen molar-refractivity contribution < 1.29 is 9.59 Å². The Morgan fingerprint density at radius 2 is 0.242 bits per heavy atom. The fraction of sp³-hybridized carbons (Fsp3) is 0. The van der Waals surface area contributed by atoms with Gasteiger partial charge in [-0.3, -0.25) is 9.59 Å². The standard InChI is InChI=1S/C60H38O2/c61-59-38-58-56-35-31-54(32-36-56)52-27-23-50(24-28-52)48-19-15-46(16-20-48)44-11-7-42(8-12-44)40-2-1-39(3-4-40)41-5-9-43(10-6-41)45-13-17-47(18-14-45)49-21-25-51(26-22-49)53-29-33-55(34-30-53)57(59)37-60(58)62/h1-38H. The summed E-state index contributed by atoms with van der Waals surface area (Å²) < 4.78 is 0. The predicted octanol–water partition coefficient (Wildman–Crippen LogP) is 15.0. The summed E-state index contributed by atoms with van der Waals surface area (Å²) in [6.45, 7) is 0. The summed E-state index contributed by atoms with van der Waals surface area (Å²) in [6.07, 6.45) is 2.96. The van der Waals surface area contributed by atoms with E-state index in [0.717, 1.165) is 55.6 Å². The lowest BCUT2D eigenvalue weighted by atomic mass is 9.88. The zero-order valence-corrected chi connectivity index (χ0v) is 33.8. The normalized spacial score (nSPS) is 12.8. The molecule has 2 heteroatoms. The molecule has 0 aromatic heterocycles. The number of hydrogen-bond donors (Lipinski definition) is 0. The molecule has 0 radical (unpaired) electrons. The summed E-state index contributed by atoms with van der Waals surface area (Å²) in [4.78, 5) is 26.9. The molecule has 0 saturated carbocycles. The number of carbonyl (C=O) groups is 2. The lowest BCUT2D eigenvalue weighted by Crippen LogP contribution is -2.11. The number of allylic oxidation sites excluding steroid dienone is 4. The van der Waals surface area contributed by atoms with Gasteiger partial charge >= 0.3 is 0 Å². The van der Waals surface area contributed by atoms with E-state index in [0.29, 0.717) is 11.1 Å². The highest BCUT2D eigenvalue weighted by molar-refractivity contribution is 6.44. The Balaban J connectivity index is 0.909. The number of ketones is 2. The lowest BCUT2D eigenvalue weighted by molar-refractivity contribution is -0.112. The van der Waals surface area contributed by atoms with Crippen molar-refractivity contribution in [2.24, 2.45) is 0 Å². The zero-order chi connectivity index (χ0) is 41.6. The Labute approximate surface area is 361 Å². The van der Waals surface area contributed by atoms with Gasteiger partial charge in [0.2, 0.25) is 0 Å². The van der Waals surface area contributed by atoms with Crippen LogP contribution in [0, 0.1) is 0 Å². The third kappa shape index (κ3) is 7.04. The minimum Gasteiger partial charge on any atom is -0.289 e. The molecule has 0 heterocycles. The summed E-state index contributed by atoms with van der Waals surface area (Å²) in [5.74, 6) is -0.352. The van der Waals surface area contributed by atoms with Crippen molar-refractivity contribution in [2.45, 2.75) is 0 Å². The summed E-state index contributed by atoms with van der Waals surface area (Å²) >= 11 is 0. The van der Waals surface area contributed by atoms with E-state index in [-0.39, 0.29) is 11.6 Å². The first-order valence-electron chi connectivity index (χ1n) is 21.0. The minimum atomic E-state index is -0.176. The van der Waals surface area contributed by atoms with Gasteiger partial charge in [-0.1, -0.05) is 218 Å². The molecule has 9 aromatic rings.